The third kappa shape index (κ3) is 1.74. The molecular weight excluding hydrogens is 222 g/mol. The van der Waals surface area contributed by atoms with E-state index in [9.17, 15) is 5.11 Å². The highest BCUT2D eigenvalue weighted by Gasteiger charge is 2.43. The van der Waals surface area contributed by atoms with Crippen molar-refractivity contribution in [3.8, 4) is 5.75 Å². The van der Waals surface area contributed by atoms with Crippen LogP contribution in [0.3, 0.4) is 0 Å². The Balaban J connectivity index is 2.11. The monoisotopic (exact) mass is 245 g/mol. The van der Waals surface area contributed by atoms with Crippen molar-refractivity contribution in [2.24, 2.45) is 11.7 Å². The fourth-order valence-electron chi connectivity index (χ4n) is 4.04. The van der Waals surface area contributed by atoms with Crippen LogP contribution < -0.4 is 5.73 Å². The van der Waals surface area contributed by atoms with Gasteiger partial charge >= 0.3 is 0 Å². The highest BCUT2D eigenvalue weighted by Crippen LogP contribution is 2.46. The van der Waals surface area contributed by atoms with Crippen LogP contribution in [-0.4, -0.2) is 11.1 Å². The summed E-state index contributed by atoms with van der Waals surface area (Å²) < 4.78 is 0. The number of aromatic hydroxyl groups is 1. The van der Waals surface area contributed by atoms with Crippen molar-refractivity contribution in [1.29, 1.82) is 0 Å². The van der Waals surface area contributed by atoms with E-state index in [2.05, 4.69) is 13.0 Å². The van der Waals surface area contributed by atoms with Crippen LogP contribution in [0.15, 0.2) is 18.2 Å². The fraction of sp³-hybridized carbons (Fsp3) is 0.625. The van der Waals surface area contributed by atoms with Crippen molar-refractivity contribution >= 4 is 0 Å². The third-order valence-corrected chi connectivity index (χ3v) is 5.21. The van der Waals surface area contributed by atoms with E-state index in [1.54, 1.807) is 0 Å². The van der Waals surface area contributed by atoms with Gasteiger partial charge in [0, 0.05) is 11.5 Å². The van der Waals surface area contributed by atoms with Gasteiger partial charge < -0.3 is 10.8 Å². The van der Waals surface area contributed by atoms with Crippen molar-refractivity contribution in [2.45, 2.75) is 56.9 Å². The average Bonchev–Trinajstić information content (AvgIpc) is 2.35. The van der Waals surface area contributed by atoms with Gasteiger partial charge in [-0.25, -0.2) is 0 Å². The van der Waals surface area contributed by atoms with E-state index in [0.29, 0.717) is 11.7 Å². The van der Waals surface area contributed by atoms with Crippen molar-refractivity contribution in [3.63, 3.8) is 0 Å². The summed E-state index contributed by atoms with van der Waals surface area (Å²) in [7, 11) is 0. The predicted octanol–water partition coefficient (Wildman–Crippen LogP) is 3.11. The van der Waals surface area contributed by atoms with Gasteiger partial charge in [-0.15, -0.1) is 0 Å². The van der Waals surface area contributed by atoms with Crippen LogP contribution in [0.4, 0.5) is 0 Å². The smallest absolute Gasteiger partial charge is 0.115 e. The molecule has 3 N–H and O–H groups in total. The minimum absolute atomic E-state index is 0.0530. The van der Waals surface area contributed by atoms with E-state index in [4.69, 9.17) is 5.73 Å². The minimum atomic E-state index is 0.0530. The maximum Gasteiger partial charge on any atom is 0.115 e. The molecule has 1 fully saturated rings. The average molecular weight is 245 g/mol. The summed E-state index contributed by atoms with van der Waals surface area (Å²) in [6.45, 7) is 2.30. The van der Waals surface area contributed by atoms with Crippen molar-refractivity contribution < 1.29 is 5.11 Å². The molecule has 2 aliphatic rings. The molecule has 1 aromatic carbocycles. The summed E-state index contributed by atoms with van der Waals surface area (Å²) in [6, 6.07) is 6.11. The largest absolute Gasteiger partial charge is 0.508 e. The van der Waals surface area contributed by atoms with Crippen LogP contribution in [-0.2, 0) is 11.8 Å². The minimum Gasteiger partial charge on any atom is -0.508 e. The van der Waals surface area contributed by atoms with Crippen LogP contribution in [0.5, 0.6) is 5.75 Å². The number of rotatable bonds is 0. The number of hydrogen-bond acceptors (Lipinski definition) is 2. The summed E-state index contributed by atoms with van der Waals surface area (Å²) in [5.74, 6) is 0.995. The zero-order chi connectivity index (χ0) is 12.8. The van der Waals surface area contributed by atoms with Gasteiger partial charge in [-0.3, -0.25) is 0 Å². The van der Waals surface area contributed by atoms with Crippen molar-refractivity contribution in [2.75, 3.05) is 0 Å². The van der Waals surface area contributed by atoms with Gasteiger partial charge in [0.2, 0.25) is 0 Å². The molecule has 0 saturated heterocycles. The van der Waals surface area contributed by atoms with E-state index in [1.165, 1.54) is 36.8 Å². The summed E-state index contributed by atoms with van der Waals surface area (Å²) in [4.78, 5) is 0. The summed E-state index contributed by atoms with van der Waals surface area (Å²) >= 11 is 0. The van der Waals surface area contributed by atoms with E-state index in [-0.39, 0.29) is 11.5 Å². The lowest BCUT2D eigenvalue weighted by molar-refractivity contribution is 0.201. The van der Waals surface area contributed by atoms with Crippen molar-refractivity contribution in [1.82, 2.24) is 0 Å². The quantitative estimate of drug-likeness (QED) is 0.737. The van der Waals surface area contributed by atoms with Gasteiger partial charge in [-0.1, -0.05) is 32.3 Å². The highest BCUT2D eigenvalue weighted by molar-refractivity contribution is 5.43. The molecule has 2 nitrogen and oxygen atoms in total. The Hall–Kier alpha value is -1.02. The van der Waals surface area contributed by atoms with E-state index in [1.807, 2.05) is 12.1 Å². The number of phenolic OH excluding ortho intramolecular Hbond substituents is 1. The van der Waals surface area contributed by atoms with Crippen molar-refractivity contribution in [3.05, 3.63) is 29.3 Å². The molecule has 18 heavy (non-hydrogen) atoms. The molecule has 0 amide bonds. The molecule has 2 aliphatic carbocycles. The van der Waals surface area contributed by atoms with Crippen LogP contribution in [0.2, 0.25) is 0 Å². The lowest BCUT2D eigenvalue weighted by Crippen LogP contribution is -2.52. The molecule has 1 saturated carbocycles. The Bertz CT molecular complexity index is 456. The molecule has 0 unspecified atom stereocenters. The van der Waals surface area contributed by atoms with E-state index in [0.717, 1.165) is 12.8 Å². The fourth-order valence-corrected chi connectivity index (χ4v) is 4.04. The SMILES string of the molecule is C[C@@]12CCCCC[C@H](Cc3ccc(O)cc31)[C@H]2N. The summed E-state index contributed by atoms with van der Waals surface area (Å²) in [6.07, 6.45) is 7.41. The first-order valence-electron chi connectivity index (χ1n) is 7.19. The van der Waals surface area contributed by atoms with Gasteiger partial charge in [0.1, 0.15) is 5.75 Å². The molecule has 0 spiro atoms. The standard InChI is InChI=1S/C16H23NO/c1-16-8-4-2-3-5-12(15(16)17)9-11-6-7-13(18)10-14(11)16/h6-7,10,12,15,18H,2-5,8-9,17H2,1H3/t12-,15-,16-/m1/s1. The molecule has 3 rings (SSSR count). The van der Waals surface area contributed by atoms with Gasteiger partial charge in [0.05, 0.1) is 0 Å². The van der Waals surface area contributed by atoms with E-state index >= 15 is 0 Å². The van der Waals surface area contributed by atoms with Crippen LogP contribution in [0.25, 0.3) is 0 Å². The topological polar surface area (TPSA) is 46.2 Å². The van der Waals surface area contributed by atoms with Gasteiger partial charge in [0.25, 0.3) is 0 Å². The molecule has 0 radical (unpaired) electrons. The molecular formula is C16H23NO. The molecule has 2 heteroatoms. The first-order chi connectivity index (χ1) is 8.61. The van der Waals surface area contributed by atoms with Gasteiger partial charge in [0.15, 0.2) is 0 Å². The second kappa shape index (κ2) is 4.27. The Morgan fingerprint density at radius 3 is 2.94 bits per heavy atom. The number of benzene rings is 1. The molecule has 1 aromatic rings. The van der Waals surface area contributed by atoms with E-state index < -0.39 is 0 Å². The predicted molar refractivity (Wildman–Crippen MR) is 73.7 cm³/mol. The highest BCUT2D eigenvalue weighted by atomic mass is 16.3. The molecule has 0 heterocycles. The summed E-state index contributed by atoms with van der Waals surface area (Å²) in [5, 5.41) is 9.77. The lowest BCUT2D eigenvalue weighted by atomic mass is 9.60. The molecule has 3 atom stereocenters. The van der Waals surface area contributed by atoms with Crippen LogP contribution in [0.1, 0.15) is 50.2 Å². The van der Waals surface area contributed by atoms with Gasteiger partial charge in [-0.05, 0) is 48.4 Å². The Morgan fingerprint density at radius 1 is 1.28 bits per heavy atom. The second-order valence-electron chi connectivity index (χ2n) is 6.35. The Labute approximate surface area is 109 Å². The van der Waals surface area contributed by atoms with Crippen LogP contribution in [0, 0.1) is 5.92 Å². The second-order valence-corrected chi connectivity index (χ2v) is 6.35. The lowest BCUT2D eigenvalue weighted by Gasteiger charge is -2.47. The number of phenols is 1. The van der Waals surface area contributed by atoms with Crippen LogP contribution >= 0.6 is 0 Å². The maximum absolute atomic E-state index is 9.77. The maximum atomic E-state index is 9.77. The summed E-state index contributed by atoms with van der Waals surface area (Å²) in [5.41, 5.74) is 9.33. The number of fused-ring (bicyclic) bond motifs is 4. The molecule has 2 bridgehead atoms. The molecule has 0 aromatic heterocycles. The van der Waals surface area contributed by atoms with Gasteiger partial charge in [-0.2, -0.15) is 0 Å². The molecule has 98 valence electrons. The molecule has 0 aliphatic heterocycles. The first-order valence-corrected chi connectivity index (χ1v) is 7.19. The number of nitrogens with two attached hydrogens (primary N) is 1. The zero-order valence-corrected chi connectivity index (χ0v) is 11.2. The normalized spacial score (nSPS) is 35.4. The third-order valence-electron chi connectivity index (χ3n) is 5.21. The number of hydrogen-bond donors (Lipinski definition) is 2. The first kappa shape index (κ1) is 12.0. The zero-order valence-electron chi connectivity index (χ0n) is 11.2. The Morgan fingerprint density at radius 2 is 2.11 bits per heavy atom. The Kier molecular flexibility index (Phi) is 2.86.